The van der Waals surface area contributed by atoms with Crippen molar-refractivity contribution in [3.63, 3.8) is 0 Å². The van der Waals surface area contributed by atoms with Gasteiger partial charge in [0.25, 0.3) is 5.91 Å². The number of hydrogen-bond donors (Lipinski definition) is 2. The van der Waals surface area contributed by atoms with Crippen molar-refractivity contribution in [3.05, 3.63) is 54.2 Å². The number of benzene rings is 1. The molecule has 0 bridgehead atoms. The highest BCUT2D eigenvalue weighted by molar-refractivity contribution is 6.01. The van der Waals surface area contributed by atoms with Crippen LogP contribution in [0.5, 0.6) is 0 Å². The number of anilines is 1. The molecule has 200 valence electrons. The summed E-state index contributed by atoms with van der Waals surface area (Å²) in [5.74, 6) is 0.00754. The van der Waals surface area contributed by atoms with E-state index in [1.54, 1.807) is 47.0 Å². The highest BCUT2D eigenvalue weighted by atomic mass is 16.5. The van der Waals surface area contributed by atoms with Gasteiger partial charge in [-0.15, -0.1) is 0 Å². The summed E-state index contributed by atoms with van der Waals surface area (Å²) in [5.41, 5.74) is 2.68. The Labute approximate surface area is 221 Å². The van der Waals surface area contributed by atoms with E-state index in [0.717, 1.165) is 31.2 Å². The molecule has 2 aliphatic rings. The lowest BCUT2D eigenvalue weighted by molar-refractivity contribution is -0.119. The maximum absolute atomic E-state index is 13.7. The second-order valence-electron chi connectivity index (χ2n) is 10.6. The first-order chi connectivity index (χ1) is 18.3. The Morgan fingerprint density at radius 3 is 2.26 bits per heavy atom. The fourth-order valence-corrected chi connectivity index (χ4v) is 5.30. The van der Waals surface area contributed by atoms with E-state index in [0.29, 0.717) is 28.9 Å². The molecule has 10 nitrogen and oxygen atoms in total. The molecule has 2 N–H and O–H groups in total. The topological polar surface area (TPSA) is 120 Å². The number of nitrogens with zero attached hydrogens (tertiary/aromatic N) is 4. The van der Waals surface area contributed by atoms with Gasteiger partial charge in [-0.2, -0.15) is 5.10 Å². The van der Waals surface area contributed by atoms with Gasteiger partial charge < -0.3 is 19.9 Å². The summed E-state index contributed by atoms with van der Waals surface area (Å²) in [5, 5.41) is 10.4. The number of methoxy groups -OCH3 is 1. The van der Waals surface area contributed by atoms with Crippen molar-refractivity contribution in [3.8, 4) is 11.3 Å². The van der Waals surface area contributed by atoms with Crippen LogP contribution in [-0.4, -0.2) is 50.3 Å². The Balaban J connectivity index is 1.36. The number of aryl methyl sites for hydroxylation is 1. The monoisotopic (exact) mass is 518 g/mol. The van der Waals surface area contributed by atoms with Crippen molar-refractivity contribution >= 4 is 23.5 Å². The molecule has 0 unspecified atom stereocenters. The summed E-state index contributed by atoms with van der Waals surface area (Å²) < 4.78 is 8.28. The Kier molecular flexibility index (Phi) is 7.05. The lowest BCUT2D eigenvalue weighted by atomic mass is 9.88. The van der Waals surface area contributed by atoms with Gasteiger partial charge in [0.2, 0.25) is 5.91 Å². The number of ether oxygens (including phenoxy) is 1. The molecule has 0 saturated heterocycles. The number of carbonyl (C=O) groups is 3. The first-order valence-electron chi connectivity index (χ1n) is 13.1. The molecular weight excluding hydrogens is 484 g/mol. The third-order valence-electron chi connectivity index (χ3n) is 7.42. The number of amides is 2. The SMILES string of the molecule is COC(=O)c1ncn(C)c1-c1ccc(NC(=O)[C@@H](NC(=O)c2ccnn2C(C)C)C(C2CC2)C2CC2)cc1. The molecule has 0 spiro atoms. The quantitative estimate of drug-likeness (QED) is 0.394. The van der Waals surface area contributed by atoms with Gasteiger partial charge in [-0.3, -0.25) is 14.3 Å². The van der Waals surface area contributed by atoms with E-state index in [4.69, 9.17) is 4.74 Å². The van der Waals surface area contributed by atoms with Gasteiger partial charge in [-0.05, 0) is 75.5 Å². The molecule has 2 aliphatic carbocycles. The molecule has 2 amide bonds. The Morgan fingerprint density at radius 1 is 1.03 bits per heavy atom. The Hall–Kier alpha value is -3.95. The van der Waals surface area contributed by atoms with Crippen LogP contribution in [0.3, 0.4) is 0 Å². The lowest BCUT2D eigenvalue weighted by Crippen LogP contribution is -2.50. The molecule has 2 fully saturated rings. The maximum Gasteiger partial charge on any atom is 0.358 e. The zero-order valence-electron chi connectivity index (χ0n) is 22.2. The van der Waals surface area contributed by atoms with Crippen molar-refractivity contribution < 1.29 is 19.1 Å². The van der Waals surface area contributed by atoms with Gasteiger partial charge >= 0.3 is 5.97 Å². The van der Waals surface area contributed by atoms with E-state index >= 15 is 0 Å². The van der Waals surface area contributed by atoms with Crippen LogP contribution in [0.25, 0.3) is 11.3 Å². The minimum atomic E-state index is -0.638. The molecule has 3 aromatic rings. The lowest BCUT2D eigenvalue weighted by Gasteiger charge is -2.28. The van der Waals surface area contributed by atoms with E-state index < -0.39 is 12.0 Å². The van der Waals surface area contributed by atoms with Crippen LogP contribution in [0.15, 0.2) is 42.9 Å². The largest absolute Gasteiger partial charge is 0.464 e. The summed E-state index contributed by atoms with van der Waals surface area (Å²) >= 11 is 0. The van der Waals surface area contributed by atoms with E-state index in [-0.39, 0.29) is 29.5 Å². The van der Waals surface area contributed by atoms with Gasteiger partial charge in [0, 0.05) is 30.5 Å². The summed E-state index contributed by atoms with van der Waals surface area (Å²) in [6, 6.07) is 8.31. The van der Waals surface area contributed by atoms with Crippen LogP contribution >= 0.6 is 0 Å². The summed E-state index contributed by atoms with van der Waals surface area (Å²) in [7, 11) is 3.13. The molecule has 2 heterocycles. The number of imidazole rings is 1. The van der Waals surface area contributed by atoms with Crippen molar-refractivity contribution in [2.45, 2.75) is 51.6 Å². The van der Waals surface area contributed by atoms with Crippen LogP contribution < -0.4 is 10.6 Å². The zero-order valence-corrected chi connectivity index (χ0v) is 22.2. The minimum absolute atomic E-state index is 0.0262. The van der Waals surface area contributed by atoms with Crippen molar-refractivity contribution in [1.29, 1.82) is 0 Å². The number of hydrogen-bond acceptors (Lipinski definition) is 6. The normalized spacial score (nSPS) is 15.9. The van der Waals surface area contributed by atoms with E-state index in [2.05, 4.69) is 20.7 Å². The second kappa shape index (κ2) is 10.4. The fourth-order valence-electron chi connectivity index (χ4n) is 5.30. The van der Waals surface area contributed by atoms with Gasteiger partial charge in [-0.1, -0.05) is 12.1 Å². The molecule has 5 rings (SSSR count). The molecule has 38 heavy (non-hydrogen) atoms. The van der Waals surface area contributed by atoms with Crippen molar-refractivity contribution in [2.24, 2.45) is 24.8 Å². The van der Waals surface area contributed by atoms with Crippen LogP contribution in [-0.2, 0) is 16.6 Å². The molecular formula is C28H34N6O4. The molecule has 0 aliphatic heterocycles. The van der Waals surface area contributed by atoms with E-state index in [1.165, 1.54) is 7.11 Å². The maximum atomic E-state index is 13.7. The highest BCUT2D eigenvalue weighted by Gasteiger charge is 2.48. The second-order valence-corrected chi connectivity index (χ2v) is 10.6. The molecule has 2 aromatic heterocycles. The summed E-state index contributed by atoms with van der Waals surface area (Å²) in [6.45, 7) is 3.93. The van der Waals surface area contributed by atoms with Crippen molar-refractivity contribution in [1.82, 2.24) is 24.6 Å². The Bertz CT molecular complexity index is 1320. The molecule has 1 aromatic carbocycles. The van der Waals surface area contributed by atoms with Gasteiger partial charge in [0.1, 0.15) is 11.7 Å². The number of rotatable bonds is 10. The van der Waals surface area contributed by atoms with E-state index in [9.17, 15) is 14.4 Å². The number of nitrogens with one attached hydrogen (secondary N) is 2. The van der Waals surface area contributed by atoms with Crippen LogP contribution in [0.2, 0.25) is 0 Å². The molecule has 1 atom stereocenters. The fraction of sp³-hybridized carbons (Fsp3) is 0.464. The van der Waals surface area contributed by atoms with Gasteiger partial charge in [-0.25, -0.2) is 9.78 Å². The van der Waals surface area contributed by atoms with Crippen molar-refractivity contribution in [2.75, 3.05) is 12.4 Å². The van der Waals surface area contributed by atoms with E-state index in [1.807, 2.05) is 26.0 Å². The summed E-state index contributed by atoms with van der Waals surface area (Å²) in [6.07, 6.45) is 7.53. The molecule has 0 radical (unpaired) electrons. The third-order valence-corrected chi connectivity index (χ3v) is 7.42. The number of aromatic nitrogens is 4. The smallest absolute Gasteiger partial charge is 0.358 e. The average molecular weight is 519 g/mol. The average Bonchev–Trinajstić information content (AvgIpc) is 3.83. The Morgan fingerprint density at radius 2 is 1.68 bits per heavy atom. The predicted octanol–water partition coefficient (Wildman–Crippen LogP) is 3.82. The first-order valence-corrected chi connectivity index (χ1v) is 13.1. The first kappa shape index (κ1) is 25.7. The minimum Gasteiger partial charge on any atom is -0.464 e. The molecule has 2 saturated carbocycles. The zero-order chi connectivity index (χ0) is 27.0. The predicted molar refractivity (Wildman–Crippen MR) is 141 cm³/mol. The number of esters is 1. The number of carbonyl (C=O) groups excluding carboxylic acids is 3. The van der Waals surface area contributed by atoms with Gasteiger partial charge in [0.05, 0.1) is 19.1 Å². The third kappa shape index (κ3) is 5.20. The molecule has 10 heteroatoms. The summed E-state index contributed by atoms with van der Waals surface area (Å²) in [4.78, 5) is 43.3. The van der Waals surface area contributed by atoms with Crippen LogP contribution in [0, 0.1) is 17.8 Å². The van der Waals surface area contributed by atoms with Crippen LogP contribution in [0.4, 0.5) is 5.69 Å². The highest BCUT2D eigenvalue weighted by Crippen LogP contribution is 2.51. The van der Waals surface area contributed by atoms with Gasteiger partial charge in [0.15, 0.2) is 5.69 Å². The standard InChI is InChI=1S/C28H34N6O4/c1-16(2)34-21(13-14-30-34)26(35)32-23(22(17-5-6-17)18-7-8-18)27(36)31-20-11-9-19(10-12-20)25-24(28(37)38-4)29-15-33(25)3/h9-18,22-23H,5-8H2,1-4H3,(H,31,36)(H,32,35)/t23-/m0/s1. The van der Waals surface area contributed by atoms with Crippen LogP contribution in [0.1, 0.15) is 66.5 Å².